The monoisotopic (exact) mass is 258 g/mol. The maximum Gasteiger partial charge on any atom is 0.410 e. The zero-order valence-corrected chi connectivity index (χ0v) is 11.4. The van der Waals surface area contributed by atoms with Crippen LogP contribution >= 0.6 is 0 Å². The molecule has 104 valence electrons. The molecule has 3 N–H and O–H groups in total. The van der Waals surface area contributed by atoms with Crippen molar-refractivity contribution in [1.29, 1.82) is 0 Å². The molecule has 0 unspecified atom stereocenters. The molecule has 1 rings (SSSR count). The fraction of sp³-hybridized carbons (Fsp3) is 0.833. The summed E-state index contributed by atoms with van der Waals surface area (Å²) in [5.74, 6) is -0.939. The van der Waals surface area contributed by atoms with Crippen molar-refractivity contribution < 1.29 is 19.4 Å². The normalized spacial score (nSPS) is 28.9. The van der Waals surface area contributed by atoms with E-state index < -0.39 is 23.1 Å². The average molecular weight is 258 g/mol. The Morgan fingerprint density at radius 3 is 2.44 bits per heavy atom. The lowest BCUT2D eigenvalue weighted by molar-refractivity contribution is -0.151. The van der Waals surface area contributed by atoms with Crippen molar-refractivity contribution >= 4 is 12.1 Å². The van der Waals surface area contributed by atoms with Crippen molar-refractivity contribution in [2.45, 2.75) is 45.8 Å². The van der Waals surface area contributed by atoms with Crippen LogP contribution in [0.15, 0.2) is 0 Å². The molecule has 1 fully saturated rings. The lowest BCUT2D eigenvalue weighted by atomic mass is 9.80. The van der Waals surface area contributed by atoms with Crippen LogP contribution < -0.4 is 5.73 Å². The molecule has 2 atom stereocenters. The van der Waals surface area contributed by atoms with Crippen LogP contribution in [0.1, 0.15) is 34.1 Å². The van der Waals surface area contributed by atoms with Crippen molar-refractivity contribution in [3.63, 3.8) is 0 Å². The Morgan fingerprint density at radius 1 is 1.44 bits per heavy atom. The maximum atomic E-state index is 11.9. The minimum atomic E-state index is -1.01. The molecule has 0 aromatic carbocycles. The fourth-order valence-electron chi connectivity index (χ4n) is 2.10. The molecule has 1 saturated heterocycles. The second-order valence-corrected chi connectivity index (χ2v) is 6.19. The minimum absolute atomic E-state index is 0.130. The van der Waals surface area contributed by atoms with Crippen molar-refractivity contribution in [2.24, 2.45) is 11.1 Å². The van der Waals surface area contributed by atoms with Gasteiger partial charge in [-0.3, -0.25) is 4.79 Å². The van der Waals surface area contributed by atoms with E-state index in [0.717, 1.165) is 0 Å². The van der Waals surface area contributed by atoms with Gasteiger partial charge in [0.1, 0.15) is 5.60 Å². The fourth-order valence-corrected chi connectivity index (χ4v) is 2.10. The molecule has 1 amide bonds. The van der Waals surface area contributed by atoms with Crippen LogP contribution in [0.2, 0.25) is 0 Å². The number of nitrogens with two attached hydrogens (primary N) is 1. The third-order valence-electron chi connectivity index (χ3n) is 2.88. The second kappa shape index (κ2) is 4.76. The molecule has 0 aromatic rings. The van der Waals surface area contributed by atoms with Crippen LogP contribution in [0.4, 0.5) is 4.79 Å². The Balaban J connectivity index is 2.78. The highest BCUT2D eigenvalue weighted by Crippen LogP contribution is 2.30. The van der Waals surface area contributed by atoms with Gasteiger partial charge in [0.25, 0.3) is 0 Å². The number of carboxylic acid groups (broad SMARTS) is 1. The SMILES string of the molecule is CC(C)(C)OC(=O)N1C[C@@H](N)C[C@@](C)(C(=O)O)C1. The molecule has 6 heteroatoms. The van der Waals surface area contributed by atoms with E-state index in [1.54, 1.807) is 27.7 Å². The third kappa shape index (κ3) is 3.60. The van der Waals surface area contributed by atoms with Gasteiger partial charge in [-0.2, -0.15) is 0 Å². The van der Waals surface area contributed by atoms with Gasteiger partial charge in [-0.05, 0) is 34.1 Å². The first kappa shape index (κ1) is 14.8. The molecular weight excluding hydrogens is 236 g/mol. The highest BCUT2D eigenvalue weighted by atomic mass is 16.6. The quantitative estimate of drug-likeness (QED) is 0.733. The molecule has 0 saturated carbocycles. The molecule has 1 heterocycles. The van der Waals surface area contributed by atoms with Gasteiger partial charge >= 0.3 is 12.1 Å². The lowest BCUT2D eigenvalue weighted by Gasteiger charge is -2.40. The summed E-state index contributed by atoms with van der Waals surface area (Å²) < 4.78 is 5.24. The molecule has 0 radical (unpaired) electrons. The van der Waals surface area contributed by atoms with E-state index in [9.17, 15) is 14.7 Å². The molecule has 1 aliphatic heterocycles. The van der Waals surface area contributed by atoms with Gasteiger partial charge in [0.2, 0.25) is 0 Å². The average Bonchev–Trinajstić information content (AvgIpc) is 2.13. The number of rotatable bonds is 1. The van der Waals surface area contributed by atoms with E-state index in [1.165, 1.54) is 4.90 Å². The van der Waals surface area contributed by atoms with Gasteiger partial charge in [-0.15, -0.1) is 0 Å². The topological polar surface area (TPSA) is 92.9 Å². The molecule has 18 heavy (non-hydrogen) atoms. The second-order valence-electron chi connectivity index (χ2n) is 6.19. The first-order valence-corrected chi connectivity index (χ1v) is 6.00. The Labute approximate surface area is 107 Å². The third-order valence-corrected chi connectivity index (χ3v) is 2.88. The Bertz CT molecular complexity index is 350. The van der Waals surface area contributed by atoms with Gasteiger partial charge in [-0.25, -0.2) is 4.79 Å². The van der Waals surface area contributed by atoms with Crippen LogP contribution in [-0.4, -0.2) is 46.8 Å². The van der Waals surface area contributed by atoms with Gasteiger partial charge in [-0.1, -0.05) is 0 Å². The molecule has 0 bridgehead atoms. The van der Waals surface area contributed by atoms with Gasteiger partial charge in [0.05, 0.1) is 5.41 Å². The first-order chi connectivity index (χ1) is 8.03. The zero-order chi connectivity index (χ0) is 14.1. The van der Waals surface area contributed by atoms with E-state index in [4.69, 9.17) is 10.5 Å². The van der Waals surface area contributed by atoms with Crippen molar-refractivity contribution in [3.8, 4) is 0 Å². The number of hydrogen-bond donors (Lipinski definition) is 2. The van der Waals surface area contributed by atoms with E-state index in [0.29, 0.717) is 13.0 Å². The summed E-state index contributed by atoms with van der Waals surface area (Å²) in [6.07, 6.45) is -0.146. The highest BCUT2D eigenvalue weighted by molar-refractivity contribution is 5.76. The predicted octanol–water partition coefficient (Wildman–Crippen LogP) is 1.05. The summed E-state index contributed by atoms with van der Waals surface area (Å²) in [5, 5.41) is 9.21. The highest BCUT2D eigenvalue weighted by Gasteiger charge is 2.43. The van der Waals surface area contributed by atoms with E-state index in [-0.39, 0.29) is 12.6 Å². The molecular formula is C12H22N2O4. The number of ether oxygens (including phenoxy) is 1. The predicted molar refractivity (Wildman–Crippen MR) is 66.1 cm³/mol. The number of likely N-dealkylation sites (tertiary alicyclic amines) is 1. The summed E-state index contributed by atoms with van der Waals surface area (Å²) in [6, 6.07) is -0.340. The molecule has 6 nitrogen and oxygen atoms in total. The summed E-state index contributed by atoms with van der Waals surface area (Å²) in [7, 11) is 0. The number of carbonyl (C=O) groups excluding carboxylic acids is 1. The number of hydrogen-bond acceptors (Lipinski definition) is 4. The molecule has 1 aliphatic rings. The molecule has 0 aliphatic carbocycles. The van der Waals surface area contributed by atoms with Crippen LogP contribution in [0.25, 0.3) is 0 Å². The number of nitrogens with zero attached hydrogens (tertiary/aromatic N) is 1. The van der Waals surface area contributed by atoms with Crippen LogP contribution in [0.3, 0.4) is 0 Å². The largest absolute Gasteiger partial charge is 0.481 e. The summed E-state index contributed by atoms with van der Waals surface area (Å²) in [4.78, 5) is 24.5. The molecule has 0 spiro atoms. The Morgan fingerprint density at radius 2 is 2.00 bits per heavy atom. The number of amides is 1. The van der Waals surface area contributed by atoms with Gasteiger partial charge < -0.3 is 20.5 Å². The smallest absolute Gasteiger partial charge is 0.410 e. The number of piperidine rings is 1. The Hall–Kier alpha value is -1.30. The number of aliphatic carboxylic acids is 1. The van der Waals surface area contributed by atoms with Crippen LogP contribution in [-0.2, 0) is 9.53 Å². The Kier molecular flexibility index (Phi) is 3.90. The summed E-state index contributed by atoms with van der Waals surface area (Å²) in [5.41, 5.74) is 4.22. The maximum absolute atomic E-state index is 11.9. The summed E-state index contributed by atoms with van der Waals surface area (Å²) in [6.45, 7) is 7.37. The van der Waals surface area contributed by atoms with Crippen LogP contribution in [0.5, 0.6) is 0 Å². The standard InChI is InChI=1S/C12H22N2O4/c1-11(2,3)18-10(17)14-6-8(13)5-12(4,7-14)9(15)16/h8H,5-7,13H2,1-4H3,(H,15,16)/t8-,12+/m0/s1. The van der Waals surface area contributed by atoms with E-state index >= 15 is 0 Å². The number of carbonyl (C=O) groups is 2. The zero-order valence-electron chi connectivity index (χ0n) is 11.4. The minimum Gasteiger partial charge on any atom is -0.481 e. The van der Waals surface area contributed by atoms with Gasteiger partial charge in [0.15, 0.2) is 0 Å². The first-order valence-electron chi connectivity index (χ1n) is 6.00. The van der Waals surface area contributed by atoms with E-state index in [1.807, 2.05) is 0 Å². The van der Waals surface area contributed by atoms with Crippen molar-refractivity contribution in [3.05, 3.63) is 0 Å². The lowest BCUT2D eigenvalue weighted by Crippen LogP contribution is -2.56. The van der Waals surface area contributed by atoms with Crippen molar-refractivity contribution in [2.75, 3.05) is 13.1 Å². The number of carboxylic acids is 1. The van der Waals surface area contributed by atoms with Crippen molar-refractivity contribution in [1.82, 2.24) is 4.90 Å². The summed E-state index contributed by atoms with van der Waals surface area (Å²) >= 11 is 0. The van der Waals surface area contributed by atoms with Gasteiger partial charge in [0, 0.05) is 19.1 Å². The van der Waals surface area contributed by atoms with Crippen LogP contribution in [0, 0.1) is 5.41 Å². The molecule has 0 aromatic heterocycles. The van der Waals surface area contributed by atoms with E-state index in [2.05, 4.69) is 0 Å².